The number of aliphatic imine (C=N–C) groups is 1. The van der Waals surface area contributed by atoms with Gasteiger partial charge in [0.15, 0.2) is 5.96 Å². The Labute approximate surface area is 153 Å². The van der Waals surface area contributed by atoms with Gasteiger partial charge in [-0.2, -0.15) is 0 Å². The molecule has 0 amide bonds. The Bertz CT molecular complexity index is 605. The van der Waals surface area contributed by atoms with Crippen molar-refractivity contribution in [3.05, 3.63) is 46.5 Å². The van der Waals surface area contributed by atoms with Gasteiger partial charge >= 0.3 is 0 Å². The molecule has 0 spiro atoms. The minimum atomic E-state index is 0.392. The van der Waals surface area contributed by atoms with Gasteiger partial charge in [-0.15, -0.1) is 11.3 Å². The summed E-state index contributed by atoms with van der Waals surface area (Å²) in [6.07, 6.45) is 7.63. The summed E-state index contributed by atoms with van der Waals surface area (Å²) in [5, 5.41) is 8.93. The van der Waals surface area contributed by atoms with Crippen LogP contribution in [0, 0.1) is 0 Å². The lowest BCUT2D eigenvalue weighted by atomic mass is 10.1. The standard InChI is InChI=1S/C19H27N3O2S/c1-2-12-23-16(5-1)8-10-20-19(22-15-18-7-4-14-25-18)21-11-9-17-6-3-13-24-17/h3-4,6-7,13-14,16H,1-2,5,8-12,15H2,(H2,20,21,22). The average molecular weight is 362 g/mol. The van der Waals surface area contributed by atoms with Crippen LogP contribution in [0.15, 0.2) is 45.3 Å². The molecule has 1 unspecified atom stereocenters. The predicted molar refractivity (Wildman–Crippen MR) is 102 cm³/mol. The zero-order chi connectivity index (χ0) is 17.2. The van der Waals surface area contributed by atoms with Crippen molar-refractivity contribution in [2.75, 3.05) is 19.7 Å². The molecule has 3 heterocycles. The van der Waals surface area contributed by atoms with Gasteiger partial charge in [0.1, 0.15) is 5.76 Å². The Hall–Kier alpha value is -1.79. The molecule has 6 heteroatoms. The topological polar surface area (TPSA) is 58.8 Å². The summed E-state index contributed by atoms with van der Waals surface area (Å²) in [5.74, 6) is 1.84. The molecule has 2 aromatic rings. The maximum absolute atomic E-state index is 5.80. The molecule has 0 saturated carbocycles. The number of nitrogens with one attached hydrogen (secondary N) is 2. The molecular weight excluding hydrogens is 334 g/mol. The lowest BCUT2D eigenvalue weighted by Crippen LogP contribution is -2.40. The third-order valence-electron chi connectivity index (χ3n) is 4.25. The summed E-state index contributed by atoms with van der Waals surface area (Å²) in [6.45, 7) is 3.28. The van der Waals surface area contributed by atoms with Crippen LogP contribution in [0.4, 0.5) is 0 Å². The van der Waals surface area contributed by atoms with E-state index >= 15 is 0 Å². The summed E-state index contributed by atoms with van der Waals surface area (Å²) < 4.78 is 11.2. The fourth-order valence-corrected chi connectivity index (χ4v) is 3.51. The summed E-state index contributed by atoms with van der Waals surface area (Å²) in [7, 11) is 0. The smallest absolute Gasteiger partial charge is 0.191 e. The number of rotatable bonds is 8. The van der Waals surface area contributed by atoms with Gasteiger partial charge < -0.3 is 19.8 Å². The Balaban J connectivity index is 1.45. The number of hydrogen-bond acceptors (Lipinski definition) is 4. The molecule has 136 valence electrons. The Morgan fingerprint density at radius 1 is 1.20 bits per heavy atom. The van der Waals surface area contributed by atoms with Gasteiger partial charge in [0, 0.05) is 31.0 Å². The monoisotopic (exact) mass is 361 g/mol. The number of hydrogen-bond donors (Lipinski definition) is 2. The van der Waals surface area contributed by atoms with Gasteiger partial charge in [0.05, 0.1) is 18.9 Å². The third-order valence-corrected chi connectivity index (χ3v) is 5.11. The number of nitrogens with zero attached hydrogens (tertiary/aromatic N) is 1. The van der Waals surface area contributed by atoms with Crippen molar-refractivity contribution in [2.45, 2.75) is 44.8 Å². The van der Waals surface area contributed by atoms with Crippen LogP contribution >= 0.6 is 11.3 Å². The van der Waals surface area contributed by atoms with E-state index in [0.29, 0.717) is 12.6 Å². The van der Waals surface area contributed by atoms with Crippen molar-refractivity contribution in [1.82, 2.24) is 10.6 Å². The molecule has 1 saturated heterocycles. The zero-order valence-electron chi connectivity index (χ0n) is 14.6. The molecule has 0 bridgehead atoms. The van der Waals surface area contributed by atoms with Crippen LogP contribution in [-0.2, 0) is 17.7 Å². The van der Waals surface area contributed by atoms with Crippen molar-refractivity contribution in [3.63, 3.8) is 0 Å². The lowest BCUT2D eigenvalue weighted by molar-refractivity contribution is 0.0122. The van der Waals surface area contributed by atoms with E-state index in [9.17, 15) is 0 Å². The number of thiophene rings is 1. The summed E-state index contributed by atoms with van der Waals surface area (Å²) >= 11 is 1.74. The van der Waals surface area contributed by atoms with Crippen LogP contribution in [0.3, 0.4) is 0 Å². The maximum atomic E-state index is 5.80. The molecule has 3 rings (SSSR count). The Morgan fingerprint density at radius 3 is 2.92 bits per heavy atom. The van der Waals surface area contributed by atoms with E-state index in [-0.39, 0.29) is 0 Å². The van der Waals surface area contributed by atoms with Crippen LogP contribution in [0.5, 0.6) is 0 Å². The van der Waals surface area contributed by atoms with E-state index in [1.165, 1.54) is 24.1 Å². The largest absolute Gasteiger partial charge is 0.469 e. The number of ether oxygens (including phenoxy) is 1. The first-order valence-corrected chi connectivity index (χ1v) is 9.96. The molecular formula is C19H27N3O2S. The molecule has 25 heavy (non-hydrogen) atoms. The van der Waals surface area contributed by atoms with Crippen molar-refractivity contribution in [1.29, 1.82) is 0 Å². The van der Waals surface area contributed by atoms with E-state index in [2.05, 4.69) is 28.1 Å². The average Bonchev–Trinajstić information content (AvgIpc) is 3.34. The highest BCUT2D eigenvalue weighted by atomic mass is 32.1. The fourth-order valence-electron chi connectivity index (χ4n) is 2.88. The van der Waals surface area contributed by atoms with Crippen molar-refractivity contribution >= 4 is 17.3 Å². The lowest BCUT2D eigenvalue weighted by Gasteiger charge is -2.23. The summed E-state index contributed by atoms with van der Waals surface area (Å²) in [6, 6.07) is 8.10. The van der Waals surface area contributed by atoms with Crippen molar-refractivity contribution in [3.8, 4) is 0 Å². The van der Waals surface area contributed by atoms with Crippen LogP contribution in [-0.4, -0.2) is 31.8 Å². The van der Waals surface area contributed by atoms with E-state index in [4.69, 9.17) is 14.1 Å². The van der Waals surface area contributed by atoms with Gasteiger partial charge in [-0.05, 0) is 49.3 Å². The quantitative estimate of drug-likeness (QED) is 0.557. The van der Waals surface area contributed by atoms with Crippen molar-refractivity contribution < 1.29 is 9.15 Å². The molecule has 1 aliphatic rings. The first-order chi connectivity index (χ1) is 12.4. The van der Waals surface area contributed by atoms with Gasteiger partial charge in [-0.3, -0.25) is 0 Å². The summed E-state index contributed by atoms with van der Waals surface area (Å²) in [5.41, 5.74) is 0. The van der Waals surface area contributed by atoms with Crippen LogP contribution in [0.1, 0.15) is 36.3 Å². The Morgan fingerprint density at radius 2 is 2.16 bits per heavy atom. The molecule has 1 fully saturated rings. The molecule has 5 nitrogen and oxygen atoms in total. The minimum Gasteiger partial charge on any atom is -0.469 e. The first-order valence-electron chi connectivity index (χ1n) is 9.09. The highest BCUT2D eigenvalue weighted by molar-refractivity contribution is 7.09. The molecule has 0 aromatic carbocycles. The van der Waals surface area contributed by atoms with Gasteiger partial charge in [0.2, 0.25) is 0 Å². The normalized spacial score (nSPS) is 18.2. The van der Waals surface area contributed by atoms with E-state index < -0.39 is 0 Å². The second-order valence-corrected chi connectivity index (χ2v) is 7.24. The van der Waals surface area contributed by atoms with Gasteiger partial charge in [-0.25, -0.2) is 4.99 Å². The molecule has 1 aliphatic heterocycles. The molecule has 2 aromatic heterocycles. The van der Waals surface area contributed by atoms with E-state index in [1.807, 2.05) is 12.1 Å². The predicted octanol–water partition coefficient (Wildman–Crippen LogP) is 3.58. The second-order valence-electron chi connectivity index (χ2n) is 6.20. The molecule has 0 radical (unpaired) electrons. The number of guanidine groups is 1. The maximum Gasteiger partial charge on any atom is 0.191 e. The number of furan rings is 1. The highest BCUT2D eigenvalue weighted by Gasteiger charge is 2.13. The zero-order valence-corrected chi connectivity index (χ0v) is 15.4. The van der Waals surface area contributed by atoms with Gasteiger partial charge in [-0.1, -0.05) is 6.07 Å². The second kappa shape index (κ2) is 10.3. The van der Waals surface area contributed by atoms with Crippen LogP contribution in [0.2, 0.25) is 0 Å². The van der Waals surface area contributed by atoms with Crippen molar-refractivity contribution in [2.24, 2.45) is 4.99 Å². The van der Waals surface area contributed by atoms with E-state index in [0.717, 1.165) is 44.3 Å². The first kappa shape index (κ1) is 18.0. The van der Waals surface area contributed by atoms with E-state index in [1.54, 1.807) is 17.6 Å². The molecule has 0 aliphatic carbocycles. The Kier molecular flexibility index (Phi) is 7.39. The molecule has 1 atom stereocenters. The minimum absolute atomic E-state index is 0.392. The summed E-state index contributed by atoms with van der Waals surface area (Å²) in [4.78, 5) is 5.97. The highest BCUT2D eigenvalue weighted by Crippen LogP contribution is 2.14. The van der Waals surface area contributed by atoms with Crippen LogP contribution < -0.4 is 10.6 Å². The third kappa shape index (κ3) is 6.55. The fraction of sp³-hybridized carbons (Fsp3) is 0.526. The SMILES string of the molecule is c1coc(CCNC(=NCc2cccs2)NCCC2CCCCO2)c1. The van der Waals surface area contributed by atoms with Crippen LogP contribution in [0.25, 0.3) is 0 Å². The van der Waals surface area contributed by atoms with Gasteiger partial charge in [0.25, 0.3) is 0 Å². The molecule has 2 N–H and O–H groups in total.